The number of hydrogen-bond acceptors (Lipinski definition) is 5. The maximum atomic E-state index is 12.8. The summed E-state index contributed by atoms with van der Waals surface area (Å²) in [5, 5.41) is 3.91. The first-order valence-electron chi connectivity index (χ1n) is 11.9. The molecule has 1 heterocycles. The van der Waals surface area contributed by atoms with Crippen LogP contribution in [0.25, 0.3) is 27.7 Å². The topological polar surface area (TPSA) is 69.9 Å². The van der Waals surface area contributed by atoms with Crippen molar-refractivity contribution < 1.29 is 23.4 Å². The number of carbonyl (C=O) groups excluding carboxylic acids is 1. The van der Waals surface area contributed by atoms with Crippen molar-refractivity contribution in [2.45, 2.75) is 27.3 Å². The number of methoxy groups -OCH3 is 2. The molecule has 1 amide bonds. The van der Waals surface area contributed by atoms with E-state index in [1.165, 1.54) is 0 Å². The number of rotatable bonds is 9. The number of benzene rings is 3. The predicted molar refractivity (Wildman–Crippen MR) is 143 cm³/mol. The quantitative estimate of drug-likeness (QED) is 0.273. The highest BCUT2D eigenvalue weighted by molar-refractivity contribution is 6.01. The van der Waals surface area contributed by atoms with Crippen molar-refractivity contribution in [2.75, 3.05) is 20.8 Å². The Morgan fingerprint density at radius 2 is 1.78 bits per heavy atom. The normalized spacial score (nSPS) is 11.4. The van der Waals surface area contributed by atoms with Gasteiger partial charge in [0.1, 0.15) is 22.8 Å². The zero-order valence-electron chi connectivity index (χ0n) is 21.3. The molecule has 0 aliphatic rings. The first kappa shape index (κ1) is 24.9. The molecule has 1 aromatic heterocycles. The van der Waals surface area contributed by atoms with Crippen LogP contribution in [0.3, 0.4) is 0 Å². The van der Waals surface area contributed by atoms with E-state index in [0.717, 1.165) is 61.6 Å². The number of furan rings is 1. The lowest BCUT2D eigenvalue weighted by molar-refractivity contribution is -0.116. The third-order valence-corrected chi connectivity index (χ3v) is 6.11. The molecule has 1 N–H and O–H groups in total. The minimum atomic E-state index is -0.182. The number of hydrogen-bond donors (Lipinski definition) is 1. The number of amides is 1. The molecule has 6 heteroatoms. The van der Waals surface area contributed by atoms with Crippen LogP contribution in [0.4, 0.5) is 0 Å². The number of aryl methyl sites for hydroxylation is 1. The fourth-order valence-corrected chi connectivity index (χ4v) is 4.23. The fourth-order valence-electron chi connectivity index (χ4n) is 4.23. The van der Waals surface area contributed by atoms with Gasteiger partial charge in [-0.15, -0.1) is 0 Å². The van der Waals surface area contributed by atoms with E-state index in [0.29, 0.717) is 13.2 Å². The van der Waals surface area contributed by atoms with Gasteiger partial charge in [0.25, 0.3) is 0 Å². The minimum absolute atomic E-state index is 0.182. The van der Waals surface area contributed by atoms with Gasteiger partial charge in [0.05, 0.1) is 27.1 Å². The second-order valence-electron chi connectivity index (χ2n) is 8.46. The average molecular weight is 486 g/mol. The average Bonchev–Trinajstić information content (AvgIpc) is 3.33. The molecule has 0 saturated heterocycles. The summed E-state index contributed by atoms with van der Waals surface area (Å²) < 4.78 is 22.5. The van der Waals surface area contributed by atoms with Gasteiger partial charge in [-0.3, -0.25) is 4.79 Å². The molecule has 4 aromatic rings. The molecular weight excluding hydrogens is 454 g/mol. The molecule has 3 aromatic carbocycles. The molecule has 6 nitrogen and oxygen atoms in total. The second-order valence-corrected chi connectivity index (χ2v) is 8.46. The van der Waals surface area contributed by atoms with Crippen molar-refractivity contribution >= 4 is 22.4 Å². The Hall–Kier alpha value is -4.19. The summed E-state index contributed by atoms with van der Waals surface area (Å²) in [6, 6.07) is 17.5. The van der Waals surface area contributed by atoms with Crippen LogP contribution in [0.1, 0.15) is 30.5 Å². The van der Waals surface area contributed by atoms with Gasteiger partial charge in [0.15, 0.2) is 0 Å². The predicted octanol–water partition coefficient (Wildman–Crippen LogP) is 6.54. The van der Waals surface area contributed by atoms with Crippen LogP contribution in [0, 0.1) is 6.92 Å². The number of fused-ring (bicyclic) bond motifs is 1. The van der Waals surface area contributed by atoms with Gasteiger partial charge in [0.2, 0.25) is 5.91 Å². The molecule has 0 atom stereocenters. The summed E-state index contributed by atoms with van der Waals surface area (Å²) in [7, 11) is 3.27. The first-order chi connectivity index (χ1) is 17.4. The molecule has 0 aliphatic carbocycles. The van der Waals surface area contributed by atoms with Crippen molar-refractivity contribution in [3.63, 3.8) is 0 Å². The van der Waals surface area contributed by atoms with Crippen LogP contribution in [0.5, 0.6) is 17.2 Å². The van der Waals surface area contributed by atoms with Crippen LogP contribution in [0.2, 0.25) is 0 Å². The molecule has 4 rings (SSSR count). The Morgan fingerprint density at radius 1 is 1.03 bits per heavy atom. The van der Waals surface area contributed by atoms with Crippen molar-refractivity contribution in [2.24, 2.45) is 0 Å². The Kier molecular flexibility index (Phi) is 7.64. The third-order valence-electron chi connectivity index (χ3n) is 6.11. The van der Waals surface area contributed by atoms with E-state index in [-0.39, 0.29) is 5.91 Å². The van der Waals surface area contributed by atoms with Gasteiger partial charge in [-0.05, 0) is 67.8 Å². The fraction of sp³-hybridized carbons (Fsp3) is 0.233. The SMILES string of the molecule is CCOc1c(/C(C)=C/C(=O)NCc2cccc(OC)c2)cc2c(-c3ccc(OC)cc3)coc2c1C. The van der Waals surface area contributed by atoms with Crippen LogP contribution >= 0.6 is 0 Å². The molecule has 186 valence electrons. The molecule has 0 bridgehead atoms. The standard InChI is InChI=1S/C30H31NO5/c1-6-35-29-20(3)30-26(27(18-36-30)22-10-12-23(33-4)13-11-22)16-25(29)19(2)14-28(32)31-17-21-8-7-9-24(15-21)34-5/h7-16,18H,6,17H2,1-5H3,(H,31,32)/b19-14+. The van der Waals surface area contributed by atoms with Crippen LogP contribution < -0.4 is 19.5 Å². The van der Waals surface area contributed by atoms with Crippen LogP contribution in [0.15, 0.2) is 71.4 Å². The Labute approximate surface area is 211 Å². The molecule has 36 heavy (non-hydrogen) atoms. The Morgan fingerprint density at radius 3 is 2.47 bits per heavy atom. The van der Waals surface area contributed by atoms with Gasteiger partial charge < -0.3 is 23.9 Å². The van der Waals surface area contributed by atoms with Crippen molar-refractivity contribution in [1.82, 2.24) is 5.32 Å². The summed E-state index contributed by atoms with van der Waals surface area (Å²) in [5.41, 5.74) is 6.26. The van der Waals surface area contributed by atoms with E-state index in [1.807, 2.05) is 75.4 Å². The number of ether oxygens (including phenoxy) is 3. The smallest absolute Gasteiger partial charge is 0.244 e. The zero-order chi connectivity index (χ0) is 25.7. The maximum absolute atomic E-state index is 12.8. The Bertz CT molecular complexity index is 1400. The lowest BCUT2D eigenvalue weighted by Crippen LogP contribution is -2.20. The molecule has 0 fully saturated rings. The monoisotopic (exact) mass is 485 g/mol. The van der Waals surface area contributed by atoms with Crippen molar-refractivity contribution in [3.05, 3.63) is 83.6 Å². The number of nitrogens with one attached hydrogen (secondary N) is 1. The van der Waals surface area contributed by atoms with E-state index in [4.69, 9.17) is 18.6 Å². The molecule has 0 spiro atoms. The zero-order valence-corrected chi connectivity index (χ0v) is 21.3. The lowest BCUT2D eigenvalue weighted by atomic mass is 9.96. The van der Waals surface area contributed by atoms with E-state index in [9.17, 15) is 4.79 Å². The Balaban J connectivity index is 1.67. The molecule has 0 radical (unpaired) electrons. The number of allylic oxidation sites excluding steroid dienone is 1. The highest BCUT2D eigenvalue weighted by Gasteiger charge is 2.19. The third kappa shape index (κ3) is 5.23. The molecule has 0 aliphatic heterocycles. The molecular formula is C30H31NO5. The minimum Gasteiger partial charge on any atom is -0.497 e. The molecule has 0 saturated carbocycles. The van der Waals surface area contributed by atoms with Gasteiger partial charge in [-0.1, -0.05) is 24.3 Å². The summed E-state index contributed by atoms with van der Waals surface area (Å²) in [6.45, 7) is 6.74. The largest absolute Gasteiger partial charge is 0.497 e. The van der Waals surface area contributed by atoms with E-state index >= 15 is 0 Å². The van der Waals surface area contributed by atoms with Crippen LogP contribution in [-0.2, 0) is 11.3 Å². The highest BCUT2D eigenvalue weighted by Crippen LogP contribution is 2.41. The van der Waals surface area contributed by atoms with Gasteiger partial charge >= 0.3 is 0 Å². The van der Waals surface area contributed by atoms with E-state index in [2.05, 4.69) is 5.32 Å². The first-order valence-corrected chi connectivity index (χ1v) is 11.9. The van der Waals surface area contributed by atoms with Crippen LogP contribution in [-0.4, -0.2) is 26.7 Å². The lowest BCUT2D eigenvalue weighted by Gasteiger charge is -2.15. The summed E-state index contributed by atoms with van der Waals surface area (Å²) in [4.78, 5) is 12.8. The van der Waals surface area contributed by atoms with Crippen molar-refractivity contribution in [3.8, 4) is 28.4 Å². The molecule has 0 unspecified atom stereocenters. The summed E-state index contributed by atoms with van der Waals surface area (Å²) in [5.74, 6) is 2.08. The van der Waals surface area contributed by atoms with E-state index < -0.39 is 0 Å². The van der Waals surface area contributed by atoms with Gasteiger partial charge in [-0.2, -0.15) is 0 Å². The maximum Gasteiger partial charge on any atom is 0.244 e. The second kappa shape index (κ2) is 11.0. The van der Waals surface area contributed by atoms with Gasteiger partial charge in [0, 0.05) is 34.7 Å². The highest BCUT2D eigenvalue weighted by atomic mass is 16.5. The van der Waals surface area contributed by atoms with Crippen molar-refractivity contribution in [1.29, 1.82) is 0 Å². The van der Waals surface area contributed by atoms with E-state index in [1.54, 1.807) is 26.6 Å². The summed E-state index contributed by atoms with van der Waals surface area (Å²) >= 11 is 0. The van der Waals surface area contributed by atoms with Gasteiger partial charge in [-0.25, -0.2) is 0 Å². The summed E-state index contributed by atoms with van der Waals surface area (Å²) in [6.07, 6.45) is 3.37. The number of carbonyl (C=O) groups is 1.